The third-order valence-electron chi connectivity index (χ3n) is 2.92. The number of aromatic nitrogens is 4. The second-order valence-electron chi connectivity index (χ2n) is 4.07. The third-order valence-corrected chi connectivity index (χ3v) is 3.20. The van der Waals surface area contributed by atoms with Gasteiger partial charge in [0.05, 0.1) is 19.0 Å². The highest BCUT2D eigenvalue weighted by Crippen LogP contribution is 2.33. The molecule has 8 heteroatoms. The highest BCUT2D eigenvalue weighted by Gasteiger charge is 2.37. The molecule has 6 nitrogen and oxygen atoms in total. The first kappa shape index (κ1) is 11.8. The number of ether oxygens (including phenoxy) is 1. The first-order valence-corrected chi connectivity index (χ1v) is 5.82. The smallest absolute Gasteiger partial charge is 0.168 e. The zero-order valence-electron chi connectivity index (χ0n) is 9.20. The average Bonchev–Trinajstić information content (AvgIpc) is 2.93. The van der Waals surface area contributed by atoms with Crippen molar-refractivity contribution < 1.29 is 14.2 Å². The van der Waals surface area contributed by atoms with Crippen molar-refractivity contribution in [3.05, 3.63) is 17.8 Å². The molecule has 1 aliphatic heterocycles. The van der Waals surface area contributed by atoms with E-state index in [-0.39, 0.29) is 18.2 Å². The Labute approximate surface area is 106 Å². The van der Waals surface area contributed by atoms with Crippen LogP contribution in [-0.2, 0) is 4.74 Å². The van der Waals surface area contributed by atoms with Crippen molar-refractivity contribution in [3.8, 4) is 0 Å². The van der Waals surface area contributed by atoms with Crippen LogP contribution in [0.4, 0.5) is 4.39 Å². The number of nitrogens with zero attached hydrogens (tertiary/aromatic N) is 4. The third kappa shape index (κ3) is 1.75. The lowest BCUT2D eigenvalue weighted by Crippen LogP contribution is -2.16. The van der Waals surface area contributed by atoms with Crippen molar-refractivity contribution in [1.82, 2.24) is 19.5 Å². The first-order valence-electron chi connectivity index (χ1n) is 5.44. The summed E-state index contributed by atoms with van der Waals surface area (Å²) in [4.78, 5) is 11.9. The summed E-state index contributed by atoms with van der Waals surface area (Å²) in [6.45, 7) is -0.209. The second kappa shape index (κ2) is 4.42. The lowest BCUT2D eigenvalue weighted by Gasteiger charge is -2.15. The minimum atomic E-state index is -1.21. The van der Waals surface area contributed by atoms with Crippen LogP contribution < -0.4 is 0 Å². The molecule has 0 spiro atoms. The largest absolute Gasteiger partial charge is 0.394 e. The number of hydrogen-bond acceptors (Lipinski definition) is 5. The van der Waals surface area contributed by atoms with Crippen LogP contribution in [0.25, 0.3) is 11.2 Å². The lowest BCUT2D eigenvalue weighted by molar-refractivity contribution is -0.0351. The highest BCUT2D eigenvalue weighted by atomic mass is 35.5. The molecule has 3 heterocycles. The topological polar surface area (TPSA) is 73.1 Å². The van der Waals surface area contributed by atoms with Gasteiger partial charge in [0.25, 0.3) is 0 Å². The van der Waals surface area contributed by atoms with Crippen LogP contribution in [0.3, 0.4) is 0 Å². The van der Waals surface area contributed by atoms with Gasteiger partial charge in [0.2, 0.25) is 0 Å². The Bertz CT molecular complexity index is 578. The molecule has 1 aliphatic rings. The van der Waals surface area contributed by atoms with Gasteiger partial charge in [-0.1, -0.05) is 11.6 Å². The molecule has 0 bridgehead atoms. The van der Waals surface area contributed by atoms with E-state index in [1.807, 2.05) is 0 Å². The Hall–Kier alpha value is -1.31. The van der Waals surface area contributed by atoms with Gasteiger partial charge in [0, 0.05) is 6.42 Å². The van der Waals surface area contributed by atoms with Crippen LogP contribution in [0.1, 0.15) is 12.6 Å². The summed E-state index contributed by atoms with van der Waals surface area (Å²) in [5.41, 5.74) is 0.823. The molecule has 0 saturated carbocycles. The van der Waals surface area contributed by atoms with Gasteiger partial charge in [-0.15, -0.1) is 0 Å². The monoisotopic (exact) mass is 272 g/mol. The summed E-state index contributed by atoms with van der Waals surface area (Å²) in [5.74, 6) is 0. The predicted molar refractivity (Wildman–Crippen MR) is 60.8 cm³/mol. The molecule has 0 radical (unpaired) electrons. The van der Waals surface area contributed by atoms with E-state index in [2.05, 4.69) is 15.0 Å². The van der Waals surface area contributed by atoms with E-state index in [1.54, 1.807) is 0 Å². The van der Waals surface area contributed by atoms with Gasteiger partial charge in [-0.25, -0.2) is 19.3 Å². The molecule has 3 rings (SSSR count). The Balaban J connectivity index is 2.02. The highest BCUT2D eigenvalue weighted by molar-refractivity contribution is 6.33. The number of aliphatic hydroxyl groups is 1. The van der Waals surface area contributed by atoms with Gasteiger partial charge < -0.3 is 9.84 Å². The zero-order chi connectivity index (χ0) is 12.7. The van der Waals surface area contributed by atoms with E-state index in [0.29, 0.717) is 11.2 Å². The van der Waals surface area contributed by atoms with Crippen molar-refractivity contribution >= 4 is 22.8 Å². The number of aliphatic hydroxyl groups excluding tert-OH is 1. The summed E-state index contributed by atoms with van der Waals surface area (Å²) in [6, 6.07) is 0. The van der Waals surface area contributed by atoms with Gasteiger partial charge in [-0.2, -0.15) is 0 Å². The van der Waals surface area contributed by atoms with Crippen molar-refractivity contribution in [2.75, 3.05) is 6.61 Å². The molecule has 3 atom stereocenters. The summed E-state index contributed by atoms with van der Waals surface area (Å²) >= 11 is 5.87. The maximum absolute atomic E-state index is 13.9. The molecule has 2 aromatic rings. The molecule has 1 fully saturated rings. The van der Waals surface area contributed by atoms with Crippen LogP contribution >= 0.6 is 11.6 Å². The second-order valence-corrected chi connectivity index (χ2v) is 4.43. The molecule has 96 valence electrons. The van der Waals surface area contributed by atoms with Gasteiger partial charge in [-0.05, 0) is 0 Å². The normalized spacial score (nSPS) is 28.1. The van der Waals surface area contributed by atoms with E-state index in [9.17, 15) is 4.39 Å². The molecule has 0 aliphatic carbocycles. The molecular weight excluding hydrogens is 263 g/mol. The van der Waals surface area contributed by atoms with Gasteiger partial charge in [0.15, 0.2) is 17.0 Å². The fourth-order valence-electron chi connectivity index (χ4n) is 2.07. The number of hydrogen-bond donors (Lipinski definition) is 1. The van der Waals surface area contributed by atoms with E-state index < -0.39 is 18.5 Å². The molecule has 0 aromatic carbocycles. The molecule has 18 heavy (non-hydrogen) atoms. The standard InChI is InChI=1S/C10H10ClFN4O2/c11-8-7-9(14-3-13-8)16(4-15-7)10-6(12)1-5(2-17)18-10/h3-6,10,17H,1-2H2/t5-,6?,10+/m0/s1. The maximum atomic E-state index is 13.9. The van der Waals surface area contributed by atoms with E-state index in [4.69, 9.17) is 21.4 Å². The zero-order valence-corrected chi connectivity index (χ0v) is 9.96. The summed E-state index contributed by atoms with van der Waals surface area (Å²) < 4.78 is 20.7. The van der Waals surface area contributed by atoms with Crippen molar-refractivity contribution in [2.24, 2.45) is 0 Å². The van der Waals surface area contributed by atoms with Crippen LogP contribution in [-0.4, -0.2) is 43.5 Å². The molecule has 1 saturated heterocycles. The lowest BCUT2D eigenvalue weighted by atomic mass is 10.2. The molecule has 2 aromatic heterocycles. The fraction of sp³-hybridized carbons (Fsp3) is 0.500. The Kier molecular flexibility index (Phi) is 2.89. The Morgan fingerprint density at radius 2 is 2.33 bits per heavy atom. The van der Waals surface area contributed by atoms with Crippen LogP contribution in [0.2, 0.25) is 5.15 Å². The molecule has 0 amide bonds. The summed E-state index contributed by atoms with van der Waals surface area (Å²) in [5, 5.41) is 9.21. The Morgan fingerprint density at radius 3 is 3.06 bits per heavy atom. The van der Waals surface area contributed by atoms with E-state index in [0.717, 1.165) is 0 Å². The number of imidazole rings is 1. The van der Waals surface area contributed by atoms with Gasteiger partial charge in [-0.3, -0.25) is 4.57 Å². The van der Waals surface area contributed by atoms with Crippen molar-refractivity contribution in [1.29, 1.82) is 0 Å². The summed E-state index contributed by atoms with van der Waals surface area (Å²) in [7, 11) is 0. The SMILES string of the molecule is OC[C@@H]1CC(F)[C@H](n2cnc3c(Cl)ncnc32)O1. The van der Waals surface area contributed by atoms with Crippen LogP contribution in [0.5, 0.6) is 0 Å². The predicted octanol–water partition coefficient (Wildman–Crippen LogP) is 1.10. The van der Waals surface area contributed by atoms with Crippen LogP contribution in [0.15, 0.2) is 12.7 Å². The average molecular weight is 273 g/mol. The van der Waals surface area contributed by atoms with E-state index >= 15 is 0 Å². The number of fused-ring (bicyclic) bond motifs is 1. The van der Waals surface area contributed by atoms with E-state index in [1.165, 1.54) is 17.2 Å². The minimum Gasteiger partial charge on any atom is -0.394 e. The molecular formula is C10H10ClFN4O2. The quantitative estimate of drug-likeness (QED) is 0.829. The number of halogens is 2. The minimum absolute atomic E-state index is 0.152. The first-order chi connectivity index (χ1) is 8.70. The van der Waals surface area contributed by atoms with Crippen molar-refractivity contribution in [3.63, 3.8) is 0 Å². The number of rotatable bonds is 2. The van der Waals surface area contributed by atoms with Gasteiger partial charge >= 0.3 is 0 Å². The van der Waals surface area contributed by atoms with Crippen LogP contribution in [0, 0.1) is 0 Å². The fourth-order valence-corrected chi connectivity index (χ4v) is 2.25. The molecule has 1 unspecified atom stereocenters. The van der Waals surface area contributed by atoms with Crippen molar-refractivity contribution in [2.45, 2.75) is 24.9 Å². The van der Waals surface area contributed by atoms with Gasteiger partial charge in [0.1, 0.15) is 18.0 Å². The Morgan fingerprint density at radius 1 is 1.50 bits per heavy atom. The molecule has 1 N–H and O–H groups in total. The maximum Gasteiger partial charge on any atom is 0.168 e. The summed E-state index contributed by atoms with van der Waals surface area (Å²) in [6.07, 6.45) is 0.308. The number of alkyl halides is 1.